The molecule has 0 unspecified atom stereocenters. The fraction of sp³-hybridized carbons (Fsp3) is 0.424. The van der Waals surface area contributed by atoms with Crippen LogP contribution in [0.5, 0.6) is 11.5 Å². The van der Waals surface area contributed by atoms with Crippen LogP contribution < -0.4 is 19.7 Å². The highest BCUT2D eigenvalue weighted by atomic mass is 16.6. The van der Waals surface area contributed by atoms with E-state index in [9.17, 15) is 4.79 Å². The van der Waals surface area contributed by atoms with Crippen LogP contribution in [0.15, 0.2) is 72.8 Å². The molecule has 3 aromatic rings. The van der Waals surface area contributed by atoms with Gasteiger partial charge < -0.3 is 14.4 Å². The number of rotatable bonds is 11. The molecule has 1 amide bonds. The van der Waals surface area contributed by atoms with Crippen molar-refractivity contribution in [1.82, 2.24) is 4.90 Å². The number of nitrogens with one attached hydrogen (secondary N) is 1. The van der Waals surface area contributed by atoms with Crippen LogP contribution >= 0.6 is 0 Å². The average molecular weight is 528 g/mol. The van der Waals surface area contributed by atoms with Crippen molar-refractivity contribution in [1.29, 1.82) is 0 Å². The largest absolute Gasteiger partial charge is 0.494 e. The number of anilines is 2. The Morgan fingerprint density at radius 3 is 2.54 bits per heavy atom. The smallest absolute Gasteiger partial charge is 0.417 e. The number of hydrogen-bond acceptors (Lipinski definition) is 5. The SMILES string of the molecule is CCCCCCOc1ccc(NC(=O)Oc2ccc3c(c2)[C@]2(C)CCN(CCc4ccccc4)[C@@H]2N3C)cc1. The summed E-state index contributed by atoms with van der Waals surface area (Å²) < 4.78 is 11.5. The normalized spacial score (nSPS) is 20.0. The van der Waals surface area contributed by atoms with Gasteiger partial charge in [0.05, 0.1) is 12.8 Å². The molecule has 0 radical (unpaired) electrons. The minimum atomic E-state index is -0.493. The number of carbonyl (C=O) groups excluding carboxylic acids is 1. The second-order valence-electron chi connectivity index (χ2n) is 11.1. The topological polar surface area (TPSA) is 54.0 Å². The van der Waals surface area contributed by atoms with Gasteiger partial charge in [-0.25, -0.2) is 4.79 Å². The molecule has 1 N–H and O–H groups in total. The van der Waals surface area contributed by atoms with E-state index in [0.717, 1.165) is 38.1 Å². The third-order valence-corrected chi connectivity index (χ3v) is 8.27. The van der Waals surface area contributed by atoms with Gasteiger partial charge in [0.2, 0.25) is 0 Å². The average Bonchev–Trinajstić information content (AvgIpc) is 3.39. The summed E-state index contributed by atoms with van der Waals surface area (Å²) >= 11 is 0. The van der Waals surface area contributed by atoms with Crippen molar-refractivity contribution in [3.8, 4) is 11.5 Å². The first kappa shape index (κ1) is 27.1. The van der Waals surface area contributed by atoms with E-state index in [1.165, 1.54) is 36.1 Å². The summed E-state index contributed by atoms with van der Waals surface area (Å²) in [5.74, 6) is 1.38. The molecule has 206 valence electrons. The molecule has 1 fully saturated rings. The molecule has 2 atom stereocenters. The lowest BCUT2D eigenvalue weighted by Gasteiger charge is -2.34. The van der Waals surface area contributed by atoms with E-state index in [1.807, 2.05) is 30.3 Å². The molecule has 0 aliphatic carbocycles. The molecule has 2 heterocycles. The lowest BCUT2D eigenvalue weighted by Crippen LogP contribution is -2.47. The first-order valence-corrected chi connectivity index (χ1v) is 14.3. The van der Waals surface area contributed by atoms with Crippen molar-refractivity contribution in [2.75, 3.05) is 37.0 Å². The summed E-state index contributed by atoms with van der Waals surface area (Å²) in [6, 6.07) is 24.2. The minimum Gasteiger partial charge on any atom is -0.494 e. The van der Waals surface area contributed by atoms with Crippen LogP contribution in [0.2, 0.25) is 0 Å². The Kier molecular flexibility index (Phi) is 8.41. The number of benzene rings is 3. The molecule has 1 saturated heterocycles. The quantitative estimate of drug-likeness (QED) is 0.266. The molecule has 39 heavy (non-hydrogen) atoms. The number of likely N-dealkylation sites (tertiary alicyclic amines) is 1. The first-order chi connectivity index (χ1) is 19.0. The summed E-state index contributed by atoms with van der Waals surface area (Å²) in [4.78, 5) is 17.7. The maximum Gasteiger partial charge on any atom is 0.417 e. The Bertz CT molecular complexity index is 1250. The molecular formula is C33H41N3O3. The van der Waals surface area contributed by atoms with Crippen LogP contribution in [0.3, 0.4) is 0 Å². The van der Waals surface area contributed by atoms with E-state index in [-0.39, 0.29) is 5.41 Å². The van der Waals surface area contributed by atoms with Gasteiger partial charge in [-0.15, -0.1) is 0 Å². The van der Waals surface area contributed by atoms with Crippen LogP contribution in [-0.4, -0.2) is 43.9 Å². The van der Waals surface area contributed by atoms with Crippen molar-refractivity contribution < 1.29 is 14.3 Å². The zero-order valence-corrected chi connectivity index (χ0v) is 23.5. The molecule has 2 aliphatic heterocycles. The van der Waals surface area contributed by atoms with Gasteiger partial charge >= 0.3 is 6.09 Å². The van der Waals surface area contributed by atoms with Crippen LogP contribution in [0.25, 0.3) is 0 Å². The maximum absolute atomic E-state index is 12.7. The Labute approximate surface area is 232 Å². The highest BCUT2D eigenvalue weighted by Gasteiger charge is 2.53. The molecule has 2 aliphatic rings. The van der Waals surface area contributed by atoms with E-state index >= 15 is 0 Å². The fourth-order valence-corrected chi connectivity index (χ4v) is 6.21. The fourth-order valence-electron chi connectivity index (χ4n) is 6.21. The molecule has 6 nitrogen and oxygen atoms in total. The maximum atomic E-state index is 12.7. The van der Waals surface area contributed by atoms with Gasteiger partial charge in [-0.3, -0.25) is 10.2 Å². The molecule has 0 aromatic heterocycles. The van der Waals surface area contributed by atoms with Crippen LogP contribution in [0, 0.1) is 0 Å². The standard InChI is InChI=1S/C33H41N3O3/c1-4-5-6-10-23-38-27-15-13-26(14-16-27)34-32(37)39-28-17-18-30-29(24-28)33(2)20-22-36(31(33)35(30)3)21-19-25-11-8-7-9-12-25/h7-9,11-18,24,31H,4-6,10,19-23H2,1-3H3,(H,34,37)/t31-,33-/m0/s1. The Balaban J connectivity index is 1.18. The molecule has 6 heteroatoms. The number of carbonyl (C=O) groups is 1. The lowest BCUT2D eigenvalue weighted by molar-refractivity contribution is 0.215. The zero-order chi connectivity index (χ0) is 27.2. The van der Waals surface area contributed by atoms with Crippen LogP contribution in [-0.2, 0) is 11.8 Å². The third-order valence-electron chi connectivity index (χ3n) is 8.27. The van der Waals surface area contributed by atoms with Crippen molar-refractivity contribution in [3.05, 3.63) is 83.9 Å². The number of nitrogens with zero attached hydrogens (tertiary/aromatic N) is 2. The predicted octanol–water partition coefficient (Wildman–Crippen LogP) is 7.24. The predicted molar refractivity (Wildman–Crippen MR) is 158 cm³/mol. The zero-order valence-electron chi connectivity index (χ0n) is 23.5. The molecule has 0 bridgehead atoms. The van der Waals surface area contributed by atoms with Crippen LogP contribution in [0.1, 0.15) is 57.1 Å². The van der Waals surface area contributed by atoms with E-state index in [1.54, 1.807) is 0 Å². The molecular weight excluding hydrogens is 486 g/mol. The Morgan fingerprint density at radius 1 is 1.00 bits per heavy atom. The second kappa shape index (κ2) is 12.1. The Hall–Kier alpha value is -3.51. The Morgan fingerprint density at radius 2 is 1.77 bits per heavy atom. The van der Waals surface area contributed by atoms with Crippen molar-refractivity contribution >= 4 is 17.5 Å². The van der Waals surface area contributed by atoms with E-state index in [4.69, 9.17) is 9.47 Å². The van der Waals surface area contributed by atoms with Gasteiger partial charge in [0.25, 0.3) is 0 Å². The van der Waals surface area contributed by atoms with Gasteiger partial charge in [0.15, 0.2) is 0 Å². The summed E-state index contributed by atoms with van der Waals surface area (Å²) in [6.07, 6.45) is 6.62. The van der Waals surface area contributed by atoms with Gasteiger partial charge in [0.1, 0.15) is 11.5 Å². The highest BCUT2D eigenvalue weighted by Crippen LogP contribution is 2.52. The van der Waals surface area contributed by atoms with E-state index in [2.05, 4.69) is 78.5 Å². The number of amides is 1. The highest BCUT2D eigenvalue weighted by molar-refractivity contribution is 5.86. The number of hydrogen-bond donors (Lipinski definition) is 1. The second-order valence-corrected chi connectivity index (χ2v) is 11.1. The number of likely N-dealkylation sites (N-methyl/N-ethyl adjacent to an activating group) is 1. The molecule has 5 rings (SSSR count). The molecule has 3 aromatic carbocycles. The monoisotopic (exact) mass is 527 g/mol. The van der Waals surface area contributed by atoms with E-state index < -0.39 is 6.09 Å². The van der Waals surface area contributed by atoms with Gasteiger partial charge in [0, 0.05) is 36.9 Å². The van der Waals surface area contributed by atoms with Crippen molar-refractivity contribution in [2.45, 2.75) is 64.0 Å². The number of unbranched alkanes of at least 4 members (excludes halogenated alkanes) is 3. The summed E-state index contributed by atoms with van der Waals surface area (Å²) in [7, 11) is 2.18. The number of ether oxygens (including phenoxy) is 2. The van der Waals surface area contributed by atoms with Gasteiger partial charge in [-0.2, -0.15) is 0 Å². The lowest BCUT2D eigenvalue weighted by atomic mass is 9.81. The molecule has 0 spiro atoms. The van der Waals surface area contributed by atoms with Crippen molar-refractivity contribution in [3.63, 3.8) is 0 Å². The van der Waals surface area contributed by atoms with Gasteiger partial charge in [-0.1, -0.05) is 63.4 Å². The number of fused-ring (bicyclic) bond motifs is 3. The third kappa shape index (κ3) is 6.06. The van der Waals surface area contributed by atoms with Gasteiger partial charge in [-0.05, 0) is 72.9 Å². The minimum absolute atomic E-state index is 0.0109. The van der Waals surface area contributed by atoms with Crippen LogP contribution in [0.4, 0.5) is 16.2 Å². The van der Waals surface area contributed by atoms with E-state index in [0.29, 0.717) is 24.2 Å². The first-order valence-electron chi connectivity index (χ1n) is 14.3. The molecule has 0 saturated carbocycles. The van der Waals surface area contributed by atoms with Crippen molar-refractivity contribution in [2.24, 2.45) is 0 Å². The summed E-state index contributed by atoms with van der Waals surface area (Å²) in [5, 5.41) is 2.84. The summed E-state index contributed by atoms with van der Waals surface area (Å²) in [6.45, 7) is 7.35. The summed E-state index contributed by atoms with van der Waals surface area (Å²) in [5.41, 5.74) is 4.50.